The highest BCUT2D eigenvalue weighted by Gasteiger charge is 2.24. The zero-order valence-electron chi connectivity index (χ0n) is 16.4. The van der Waals surface area contributed by atoms with E-state index < -0.39 is 0 Å². The Morgan fingerprint density at radius 1 is 1.03 bits per heavy atom. The molecule has 2 heterocycles. The van der Waals surface area contributed by atoms with Crippen molar-refractivity contribution in [2.45, 2.75) is 6.54 Å². The van der Waals surface area contributed by atoms with E-state index in [1.165, 1.54) is 0 Å². The van der Waals surface area contributed by atoms with Gasteiger partial charge in [-0.05, 0) is 28.8 Å². The molecule has 29 heavy (non-hydrogen) atoms. The van der Waals surface area contributed by atoms with Crippen molar-refractivity contribution in [2.24, 2.45) is 0 Å². The summed E-state index contributed by atoms with van der Waals surface area (Å²) >= 11 is 0. The van der Waals surface area contributed by atoms with Crippen LogP contribution in [0.2, 0.25) is 0 Å². The summed E-state index contributed by atoms with van der Waals surface area (Å²) in [4.78, 5) is 28.2. The van der Waals surface area contributed by atoms with Crippen molar-refractivity contribution in [3.63, 3.8) is 0 Å². The summed E-state index contributed by atoms with van der Waals surface area (Å²) < 4.78 is 0. The van der Waals surface area contributed by atoms with Crippen LogP contribution in [-0.2, 0) is 11.3 Å². The number of benzene rings is 2. The topological polar surface area (TPSA) is 52.7 Å². The number of dihydropyridines is 1. The second kappa shape index (κ2) is 8.88. The maximum absolute atomic E-state index is 12.6. The van der Waals surface area contributed by atoms with Crippen molar-refractivity contribution in [1.29, 1.82) is 0 Å². The number of aldehydes is 1. The van der Waals surface area contributed by atoms with Gasteiger partial charge in [-0.1, -0.05) is 54.6 Å². The molecule has 0 atom stereocenters. The molecule has 0 aliphatic carbocycles. The number of hydrogen-bond donors (Lipinski definition) is 1. The lowest BCUT2D eigenvalue weighted by atomic mass is 9.97. The second-order valence-electron chi connectivity index (χ2n) is 7.36. The maximum atomic E-state index is 12.6. The SMILES string of the molecule is O=Cc1ccc(-c2ccccc2)c(CN2CCN(C(=O)C3=CC=CCN3)CC2)c1. The molecule has 1 N–H and O–H groups in total. The molecule has 0 spiro atoms. The van der Waals surface area contributed by atoms with Gasteiger partial charge in [0, 0.05) is 44.8 Å². The summed E-state index contributed by atoms with van der Waals surface area (Å²) in [6.45, 7) is 4.50. The third kappa shape index (κ3) is 4.46. The first-order valence-electron chi connectivity index (χ1n) is 10.0. The molecule has 5 heteroatoms. The predicted octanol–water partition coefficient (Wildman–Crippen LogP) is 2.85. The summed E-state index contributed by atoms with van der Waals surface area (Å²) in [6, 6.07) is 16.1. The van der Waals surface area contributed by atoms with E-state index in [2.05, 4.69) is 22.3 Å². The van der Waals surface area contributed by atoms with Gasteiger partial charge in [-0.3, -0.25) is 14.5 Å². The van der Waals surface area contributed by atoms with Gasteiger partial charge in [0.05, 0.1) is 0 Å². The van der Waals surface area contributed by atoms with Crippen LogP contribution in [0.3, 0.4) is 0 Å². The van der Waals surface area contributed by atoms with Crippen LogP contribution in [-0.4, -0.2) is 54.7 Å². The Hall–Kier alpha value is -3.18. The largest absolute Gasteiger partial charge is 0.377 e. The van der Waals surface area contributed by atoms with Crippen LogP contribution >= 0.6 is 0 Å². The Morgan fingerprint density at radius 2 is 1.83 bits per heavy atom. The van der Waals surface area contributed by atoms with Crippen LogP contribution in [0.1, 0.15) is 15.9 Å². The summed E-state index contributed by atoms with van der Waals surface area (Å²) in [7, 11) is 0. The molecule has 0 bridgehead atoms. The number of nitrogens with one attached hydrogen (secondary N) is 1. The van der Waals surface area contributed by atoms with E-state index in [-0.39, 0.29) is 5.91 Å². The summed E-state index contributed by atoms with van der Waals surface area (Å²) in [5.74, 6) is 0.0712. The Morgan fingerprint density at radius 3 is 2.52 bits per heavy atom. The lowest BCUT2D eigenvalue weighted by molar-refractivity contribution is -0.129. The first-order valence-corrected chi connectivity index (χ1v) is 10.0. The molecular formula is C24H25N3O2. The van der Waals surface area contributed by atoms with Crippen molar-refractivity contribution >= 4 is 12.2 Å². The van der Waals surface area contributed by atoms with E-state index >= 15 is 0 Å². The van der Waals surface area contributed by atoms with Crippen LogP contribution in [0.5, 0.6) is 0 Å². The minimum Gasteiger partial charge on any atom is -0.377 e. The van der Waals surface area contributed by atoms with Crippen molar-refractivity contribution in [1.82, 2.24) is 15.1 Å². The number of nitrogens with zero attached hydrogens (tertiary/aromatic N) is 2. The Bertz CT molecular complexity index is 942. The van der Waals surface area contributed by atoms with Crippen LogP contribution in [0.4, 0.5) is 0 Å². The van der Waals surface area contributed by atoms with Gasteiger partial charge < -0.3 is 10.2 Å². The van der Waals surface area contributed by atoms with Gasteiger partial charge in [-0.15, -0.1) is 0 Å². The number of carbonyl (C=O) groups excluding carboxylic acids is 2. The van der Waals surface area contributed by atoms with Gasteiger partial charge in [-0.2, -0.15) is 0 Å². The Balaban J connectivity index is 1.45. The van der Waals surface area contributed by atoms with Crippen molar-refractivity contribution < 1.29 is 9.59 Å². The van der Waals surface area contributed by atoms with Crippen LogP contribution < -0.4 is 5.32 Å². The van der Waals surface area contributed by atoms with E-state index in [4.69, 9.17) is 0 Å². The smallest absolute Gasteiger partial charge is 0.270 e. The molecule has 1 amide bonds. The molecular weight excluding hydrogens is 362 g/mol. The molecule has 2 aliphatic heterocycles. The zero-order chi connectivity index (χ0) is 20.1. The second-order valence-corrected chi connectivity index (χ2v) is 7.36. The molecule has 0 radical (unpaired) electrons. The highest BCUT2D eigenvalue weighted by molar-refractivity contribution is 5.93. The average molecular weight is 387 g/mol. The molecule has 5 nitrogen and oxygen atoms in total. The summed E-state index contributed by atoms with van der Waals surface area (Å²) in [5.41, 5.74) is 4.81. The normalized spacial score (nSPS) is 16.8. The minimum absolute atomic E-state index is 0.0712. The highest BCUT2D eigenvalue weighted by Crippen LogP contribution is 2.26. The van der Waals surface area contributed by atoms with Crippen molar-refractivity contribution in [3.05, 3.63) is 83.6 Å². The van der Waals surface area contributed by atoms with E-state index in [0.717, 1.165) is 42.6 Å². The number of hydrogen-bond acceptors (Lipinski definition) is 4. The van der Waals surface area contributed by atoms with E-state index in [1.54, 1.807) is 0 Å². The van der Waals surface area contributed by atoms with Gasteiger partial charge in [0.25, 0.3) is 5.91 Å². The van der Waals surface area contributed by atoms with Gasteiger partial charge in [0.2, 0.25) is 0 Å². The monoisotopic (exact) mass is 387 g/mol. The van der Waals surface area contributed by atoms with Crippen LogP contribution in [0, 0.1) is 0 Å². The average Bonchev–Trinajstić information content (AvgIpc) is 2.80. The third-order valence-electron chi connectivity index (χ3n) is 5.44. The van der Waals surface area contributed by atoms with Crippen molar-refractivity contribution in [2.75, 3.05) is 32.7 Å². The molecule has 0 unspecified atom stereocenters. The number of rotatable bonds is 5. The molecule has 0 aromatic heterocycles. The number of piperazine rings is 1. The Labute approximate surface area is 171 Å². The third-order valence-corrected chi connectivity index (χ3v) is 5.44. The molecule has 1 saturated heterocycles. The van der Waals surface area contributed by atoms with Crippen LogP contribution in [0.15, 0.2) is 72.5 Å². The minimum atomic E-state index is 0.0712. The lowest BCUT2D eigenvalue weighted by Gasteiger charge is -2.35. The molecule has 148 valence electrons. The first kappa shape index (κ1) is 19.2. The van der Waals surface area contributed by atoms with E-state index in [1.807, 2.05) is 59.5 Å². The fraction of sp³-hybridized carbons (Fsp3) is 0.250. The zero-order valence-corrected chi connectivity index (χ0v) is 16.4. The van der Waals surface area contributed by atoms with E-state index in [0.29, 0.717) is 30.9 Å². The molecule has 2 aromatic carbocycles. The van der Waals surface area contributed by atoms with Crippen LogP contribution in [0.25, 0.3) is 11.1 Å². The molecule has 4 rings (SSSR count). The fourth-order valence-corrected chi connectivity index (χ4v) is 3.84. The molecule has 1 fully saturated rings. The van der Waals surface area contributed by atoms with Crippen molar-refractivity contribution in [3.8, 4) is 11.1 Å². The quantitative estimate of drug-likeness (QED) is 0.802. The van der Waals surface area contributed by atoms with Gasteiger partial charge in [-0.25, -0.2) is 0 Å². The summed E-state index contributed by atoms with van der Waals surface area (Å²) in [5, 5.41) is 3.14. The first-order chi connectivity index (χ1) is 14.2. The Kier molecular flexibility index (Phi) is 5.86. The fourth-order valence-electron chi connectivity index (χ4n) is 3.84. The standard InChI is InChI=1S/C24H25N3O2/c28-18-19-9-10-22(20-6-2-1-3-7-20)21(16-19)17-26-12-14-27(15-13-26)24(29)23-8-4-5-11-25-23/h1-10,16,18,25H,11-15,17H2. The van der Waals surface area contributed by atoms with Gasteiger partial charge >= 0.3 is 0 Å². The lowest BCUT2D eigenvalue weighted by Crippen LogP contribution is -2.50. The molecule has 2 aliphatic rings. The maximum Gasteiger partial charge on any atom is 0.270 e. The molecule has 0 saturated carbocycles. The summed E-state index contributed by atoms with van der Waals surface area (Å²) in [6.07, 6.45) is 6.65. The number of carbonyl (C=O) groups is 2. The van der Waals surface area contributed by atoms with Gasteiger partial charge in [0.15, 0.2) is 0 Å². The van der Waals surface area contributed by atoms with Gasteiger partial charge in [0.1, 0.15) is 12.0 Å². The molecule has 2 aromatic rings. The number of amides is 1. The number of allylic oxidation sites excluding steroid dienone is 2. The van der Waals surface area contributed by atoms with E-state index in [9.17, 15) is 9.59 Å². The predicted molar refractivity (Wildman–Crippen MR) is 114 cm³/mol. The highest BCUT2D eigenvalue weighted by atomic mass is 16.2.